The molecular weight excluding hydrogens is 342 g/mol. The van der Waals surface area contributed by atoms with Gasteiger partial charge in [0.2, 0.25) is 5.91 Å². The first kappa shape index (κ1) is 20.0. The Bertz CT molecular complexity index is 662. The van der Waals surface area contributed by atoms with E-state index in [9.17, 15) is 4.79 Å². The van der Waals surface area contributed by atoms with Crippen LogP contribution in [0.25, 0.3) is 0 Å². The summed E-state index contributed by atoms with van der Waals surface area (Å²) in [5.74, 6) is 1.60. The predicted octanol–water partition coefficient (Wildman–Crippen LogP) is 3.79. The van der Waals surface area contributed by atoms with E-state index in [1.807, 2.05) is 18.2 Å². The molecule has 1 atom stereocenters. The molecule has 1 aromatic carbocycles. The minimum atomic E-state index is -0.527. The Hall–Kier alpha value is -1.75. The number of nitrogens with zero attached hydrogens (tertiary/aromatic N) is 1. The summed E-state index contributed by atoms with van der Waals surface area (Å²) in [6.07, 6.45) is 4.84. The Labute approximate surface area is 163 Å². The van der Waals surface area contributed by atoms with Crippen LogP contribution in [0.2, 0.25) is 0 Å². The third-order valence-electron chi connectivity index (χ3n) is 6.68. The zero-order valence-electron chi connectivity index (χ0n) is 17.2. The topological polar surface area (TPSA) is 48.0 Å². The second-order valence-electron chi connectivity index (χ2n) is 7.99. The average molecular weight is 376 g/mol. The summed E-state index contributed by atoms with van der Waals surface area (Å²) < 4.78 is 16.6. The van der Waals surface area contributed by atoms with E-state index in [1.165, 1.54) is 6.42 Å². The highest BCUT2D eigenvalue weighted by atomic mass is 16.5. The van der Waals surface area contributed by atoms with Crippen LogP contribution < -0.4 is 9.47 Å². The van der Waals surface area contributed by atoms with Crippen LogP contribution in [0, 0.1) is 5.41 Å². The van der Waals surface area contributed by atoms with Gasteiger partial charge in [0.25, 0.3) is 0 Å². The van der Waals surface area contributed by atoms with Crippen LogP contribution in [0.4, 0.5) is 0 Å². The lowest BCUT2D eigenvalue weighted by Crippen LogP contribution is -2.47. The molecule has 2 fully saturated rings. The summed E-state index contributed by atoms with van der Waals surface area (Å²) in [4.78, 5) is 15.8. The molecule has 0 saturated carbocycles. The third kappa shape index (κ3) is 3.54. The summed E-state index contributed by atoms with van der Waals surface area (Å²) in [7, 11) is 3.27. The smallest absolute Gasteiger partial charge is 0.233 e. The first-order valence-electron chi connectivity index (χ1n) is 10.1. The van der Waals surface area contributed by atoms with E-state index < -0.39 is 5.41 Å². The van der Waals surface area contributed by atoms with Gasteiger partial charge in [-0.15, -0.1) is 0 Å². The number of likely N-dealkylation sites (tertiary alicyclic amines) is 1. The van der Waals surface area contributed by atoms with Crippen molar-refractivity contribution < 1.29 is 19.0 Å². The Morgan fingerprint density at radius 2 is 1.93 bits per heavy atom. The maximum Gasteiger partial charge on any atom is 0.233 e. The molecular formula is C22H33NO4. The molecule has 1 amide bonds. The molecule has 27 heavy (non-hydrogen) atoms. The standard InChI is InChI=1S/C22H33NO4/c1-5-22(6-2,17-8-9-18(25-3)19(14-17)26-4)20(24)23-12-11-21(15-23)10-7-13-27-16-21/h8-9,14H,5-7,10-13,15-16H2,1-4H3. The van der Waals surface area contributed by atoms with Gasteiger partial charge in [0.15, 0.2) is 11.5 Å². The number of hydrogen-bond donors (Lipinski definition) is 0. The number of methoxy groups -OCH3 is 2. The van der Waals surface area contributed by atoms with Crippen molar-refractivity contribution in [3.05, 3.63) is 23.8 Å². The lowest BCUT2D eigenvalue weighted by Gasteiger charge is -2.37. The van der Waals surface area contributed by atoms with E-state index in [2.05, 4.69) is 18.7 Å². The van der Waals surface area contributed by atoms with Gasteiger partial charge in [-0.25, -0.2) is 0 Å². The van der Waals surface area contributed by atoms with Crippen molar-refractivity contribution in [2.24, 2.45) is 5.41 Å². The zero-order chi connectivity index (χ0) is 19.5. The average Bonchev–Trinajstić information content (AvgIpc) is 3.12. The van der Waals surface area contributed by atoms with E-state index in [1.54, 1.807) is 14.2 Å². The Morgan fingerprint density at radius 3 is 2.52 bits per heavy atom. The van der Waals surface area contributed by atoms with E-state index in [0.29, 0.717) is 11.5 Å². The highest BCUT2D eigenvalue weighted by molar-refractivity contribution is 5.88. The summed E-state index contributed by atoms with van der Waals surface area (Å²) >= 11 is 0. The fraction of sp³-hybridized carbons (Fsp3) is 0.682. The predicted molar refractivity (Wildman–Crippen MR) is 105 cm³/mol. The Kier molecular flexibility index (Phi) is 5.99. The van der Waals surface area contributed by atoms with Gasteiger partial charge in [-0.3, -0.25) is 4.79 Å². The SMILES string of the molecule is CCC(CC)(C(=O)N1CCC2(CCCOC2)C1)c1ccc(OC)c(OC)c1. The molecule has 0 aromatic heterocycles. The highest BCUT2D eigenvalue weighted by Gasteiger charge is 2.47. The molecule has 2 saturated heterocycles. The van der Waals surface area contributed by atoms with Crippen molar-refractivity contribution in [1.29, 1.82) is 0 Å². The van der Waals surface area contributed by atoms with Crippen molar-refractivity contribution in [3.8, 4) is 11.5 Å². The number of carbonyl (C=O) groups excluding carboxylic acids is 1. The van der Waals surface area contributed by atoms with Gasteiger partial charge in [0.1, 0.15) is 0 Å². The van der Waals surface area contributed by atoms with E-state index in [4.69, 9.17) is 14.2 Å². The number of rotatable bonds is 6. The summed E-state index contributed by atoms with van der Waals surface area (Å²) in [5, 5.41) is 0. The molecule has 0 aliphatic carbocycles. The van der Waals surface area contributed by atoms with Crippen LogP contribution in [0.5, 0.6) is 11.5 Å². The molecule has 150 valence electrons. The maximum absolute atomic E-state index is 13.7. The second-order valence-corrected chi connectivity index (χ2v) is 7.99. The first-order chi connectivity index (χ1) is 13.0. The number of carbonyl (C=O) groups is 1. The third-order valence-corrected chi connectivity index (χ3v) is 6.68. The minimum Gasteiger partial charge on any atom is -0.493 e. The normalized spacial score (nSPS) is 22.9. The lowest BCUT2D eigenvalue weighted by molar-refractivity contribution is -0.137. The van der Waals surface area contributed by atoms with Gasteiger partial charge in [0, 0.05) is 25.1 Å². The molecule has 2 aliphatic heterocycles. The molecule has 3 rings (SSSR count). The number of amides is 1. The summed E-state index contributed by atoms with van der Waals surface area (Å²) in [5.41, 5.74) is 0.648. The summed E-state index contributed by atoms with van der Waals surface area (Å²) in [6.45, 7) is 7.51. The largest absolute Gasteiger partial charge is 0.493 e. The van der Waals surface area contributed by atoms with Crippen LogP contribution in [-0.2, 0) is 14.9 Å². The van der Waals surface area contributed by atoms with Crippen molar-refractivity contribution >= 4 is 5.91 Å². The molecule has 5 nitrogen and oxygen atoms in total. The Morgan fingerprint density at radius 1 is 1.19 bits per heavy atom. The maximum atomic E-state index is 13.7. The van der Waals surface area contributed by atoms with E-state index in [-0.39, 0.29) is 11.3 Å². The van der Waals surface area contributed by atoms with Gasteiger partial charge >= 0.3 is 0 Å². The molecule has 0 radical (unpaired) electrons. The molecule has 2 aliphatic rings. The molecule has 5 heteroatoms. The van der Waals surface area contributed by atoms with Crippen LogP contribution in [0.15, 0.2) is 18.2 Å². The van der Waals surface area contributed by atoms with Crippen molar-refractivity contribution in [1.82, 2.24) is 4.90 Å². The van der Waals surface area contributed by atoms with Crippen molar-refractivity contribution in [2.75, 3.05) is 40.5 Å². The van der Waals surface area contributed by atoms with Crippen LogP contribution in [-0.4, -0.2) is 51.3 Å². The number of ether oxygens (including phenoxy) is 3. The molecule has 0 N–H and O–H groups in total. The quantitative estimate of drug-likeness (QED) is 0.759. The summed E-state index contributed by atoms with van der Waals surface area (Å²) in [6, 6.07) is 5.89. The van der Waals surface area contributed by atoms with Gasteiger partial charge in [0.05, 0.1) is 26.2 Å². The minimum absolute atomic E-state index is 0.165. The molecule has 1 spiro atoms. The Balaban J connectivity index is 1.89. The molecule has 0 bridgehead atoms. The van der Waals surface area contributed by atoms with Gasteiger partial charge in [-0.1, -0.05) is 19.9 Å². The van der Waals surface area contributed by atoms with Crippen LogP contribution in [0.1, 0.15) is 51.5 Å². The lowest BCUT2D eigenvalue weighted by atomic mass is 9.74. The molecule has 1 unspecified atom stereocenters. The van der Waals surface area contributed by atoms with Crippen molar-refractivity contribution in [3.63, 3.8) is 0 Å². The van der Waals surface area contributed by atoms with Crippen LogP contribution in [0.3, 0.4) is 0 Å². The van der Waals surface area contributed by atoms with Crippen LogP contribution >= 0.6 is 0 Å². The fourth-order valence-corrected chi connectivity index (χ4v) is 4.86. The first-order valence-corrected chi connectivity index (χ1v) is 10.1. The second kappa shape index (κ2) is 8.09. The van der Waals surface area contributed by atoms with Gasteiger partial charge < -0.3 is 19.1 Å². The van der Waals surface area contributed by atoms with Crippen molar-refractivity contribution in [2.45, 2.75) is 51.4 Å². The van der Waals surface area contributed by atoms with Gasteiger partial charge in [-0.2, -0.15) is 0 Å². The molecule has 1 aromatic rings. The highest BCUT2D eigenvalue weighted by Crippen LogP contribution is 2.43. The number of benzene rings is 1. The van der Waals surface area contributed by atoms with Gasteiger partial charge in [-0.05, 0) is 49.8 Å². The molecule has 2 heterocycles. The monoisotopic (exact) mass is 375 g/mol. The zero-order valence-corrected chi connectivity index (χ0v) is 17.2. The fourth-order valence-electron chi connectivity index (χ4n) is 4.86. The van der Waals surface area contributed by atoms with E-state index in [0.717, 1.165) is 57.6 Å². The van der Waals surface area contributed by atoms with E-state index >= 15 is 0 Å². The number of hydrogen-bond acceptors (Lipinski definition) is 4.